The molecule has 2 aliphatic rings. The van der Waals surface area contributed by atoms with E-state index in [-0.39, 0.29) is 0 Å². The second-order valence-corrected chi connectivity index (χ2v) is 9.54. The van der Waals surface area contributed by atoms with Crippen LogP contribution < -0.4 is 10.6 Å². The Morgan fingerprint density at radius 2 is 1.30 bits per heavy atom. The summed E-state index contributed by atoms with van der Waals surface area (Å²) >= 11 is 0. The standard InChI is InChI=1S/C16H20N2S2/c1-3-13-4-2-6-15(20-10-8-18-12-20)16(13)14(5-1)19-9-7-17-11-19/h1-6,17-18H,7-12H2/q+2. The summed E-state index contributed by atoms with van der Waals surface area (Å²) in [6.45, 7) is 2.35. The van der Waals surface area contributed by atoms with E-state index in [1.54, 1.807) is 15.2 Å². The summed E-state index contributed by atoms with van der Waals surface area (Å²) in [7, 11) is 0.795. The van der Waals surface area contributed by atoms with Gasteiger partial charge in [-0.1, -0.05) is 24.3 Å². The van der Waals surface area contributed by atoms with Gasteiger partial charge in [-0.3, -0.25) is 10.6 Å². The highest BCUT2D eigenvalue weighted by atomic mass is 32.2. The van der Waals surface area contributed by atoms with Crippen molar-refractivity contribution >= 4 is 32.6 Å². The molecule has 2 atom stereocenters. The Balaban J connectivity index is 1.89. The third-order valence-corrected chi connectivity index (χ3v) is 8.48. The second kappa shape index (κ2) is 5.60. The minimum Gasteiger partial charge on any atom is -0.270 e. The van der Waals surface area contributed by atoms with Crippen molar-refractivity contribution in [2.75, 3.05) is 36.3 Å². The van der Waals surface area contributed by atoms with Gasteiger partial charge in [0.2, 0.25) is 0 Å². The monoisotopic (exact) mass is 304 g/mol. The van der Waals surface area contributed by atoms with Gasteiger partial charge in [0.15, 0.2) is 21.5 Å². The normalized spacial score (nSPS) is 26.4. The van der Waals surface area contributed by atoms with Crippen LogP contribution in [-0.4, -0.2) is 36.3 Å². The fourth-order valence-electron chi connectivity index (χ4n) is 3.06. The fourth-order valence-corrected chi connectivity index (χ4v) is 7.30. The zero-order valence-electron chi connectivity index (χ0n) is 11.5. The lowest BCUT2D eigenvalue weighted by Gasteiger charge is -2.08. The average molecular weight is 304 g/mol. The molecule has 2 heterocycles. The SMILES string of the molecule is c1cc([S+]2CCNC2)c2c([S+]3CCNC3)cccc2c1. The summed E-state index contributed by atoms with van der Waals surface area (Å²) in [5, 5.41) is 10.0. The third-order valence-electron chi connectivity index (χ3n) is 4.05. The molecule has 0 saturated carbocycles. The van der Waals surface area contributed by atoms with E-state index in [9.17, 15) is 0 Å². The molecule has 0 aromatic heterocycles. The smallest absolute Gasteiger partial charge is 0.169 e. The summed E-state index contributed by atoms with van der Waals surface area (Å²) < 4.78 is 0. The van der Waals surface area contributed by atoms with Crippen LogP contribution in [0.1, 0.15) is 0 Å². The van der Waals surface area contributed by atoms with Gasteiger partial charge < -0.3 is 0 Å². The Bertz CT molecular complexity index is 566. The number of benzene rings is 2. The Kier molecular flexibility index (Phi) is 3.65. The topological polar surface area (TPSA) is 24.1 Å². The van der Waals surface area contributed by atoms with Gasteiger partial charge >= 0.3 is 0 Å². The first-order valence-electron chi connectivity index (χ1n) is 7.22. The highest BCUT2D eigenvalue weighted by molar-refractivity contribution is 7.98. The van der Waals surface area contributed by atoms with E-state index in [2.05, 4.69) is 47.0 Å². The Morgan fingerprint density at radius 3 is 1.75 bits per heavy atom. The highest BCUT2D eigenvalue weighted by Gasteiger charge is 2.34. The molecule has 2 aliphatic heterocycles. The summed E-state index contributed by atoms with van der Waals surface area (Å²) in [5.74, 6) is 4.94. The van der Waals surface area contributed by atoms with E-state index >= 15 is 0 Å². The molecule has 20 heavy (non-hydrogen) atoms. The molecule has 0 radical (unpaired) electrons. The summed E-state index contributed by atoms with van der Waals surface area (Å²) in [5.41, 5.74) is 0. The molecular formula is C16H20N2S2+2. The number of hydrogen-bond donors (Lipinski definition) is 2. The van der Waals surface area contributed by atoms with Gasteiger partial charge in [0.1, 0.15) is 11.5 Å². The summed E-state index contributed by atoms with van der Waals surface area (Å²) in [6.07, 6.45) is 0. The quantitative estimate of drug-likeness (QED) is 0.828. The maximum atomic E-state index is 3.53. The molecule has 0 amide bonds. The van der Waals surface area contributed by atoms with Crippen LogP contribution in [0.15, 0.2) is 46.2 Å². The predicted molar refractivity (Wildman–Crippen MR) is 90.7 cm³/mol. The van der Waals surface area contributed by atoms with Crippen LogP contribution in [0.25, 0.3) is 10.8 Å². The van der Waals surface area contributed by atoms with E-state index < -0.39 is 0 Å². The van der Waals surface area contributed by atoms with Crippen molar-refractivity contribution in [3.8, 4) is 0 Å². The number of hydrogen-bond acceptors (Lipinski definition) is 2. The fraction of sp³-hybridized carbons (Fsp3) is 0.375. The third kappa shape index (κ3) is 2.25. The molecule has 4 heteroatoms. The van der Waals surface area contributed by atoms with Gasteiger partial charge in [0.25, 0.3) is 0 Å². The maximum absolute atomic E-state index is 3.53. The summed E-state index contributed by atoms with van der Waals surface area (Å²) in [6, 6.07) is 13.8. The molecule has 2 N–H and O–H groups in total. The van der Waals surface area contributed by atoms with E-state index in [4.69, 9.17) is 0 Å². The highest BCUT2D eigenvalue weighted by Crippen LogP contribution is 2.33. The van der Waals surface area contributed by atoms with Crippen molar-refractivity contribution in [3.05, 3.63) is 36.4 Å². The number of nitrogens with one attached hydrogen (secondary N) is 2. The van der Waals surface area contributed by atoms with E-state index in [0.717, 1.165) is 0 Å². The van der Waals surface area contributed by atoms with Crippen LogP contribution in [-0.2, 0) is 21.8 Å². The van der Waals surface area contributed by atoms with Crippen molar-refractivity contribution in [2.24, 2.45) is 0 Å². The minimum absolute atomic E-state index is 0.397. The van der Waals surface area contributed by atoms with Gasteiger partial charge in [0.05, 0.1) is 5.39 Å². The molecule has 2 unspecified atom stereocenters. The van der Waals surface area contributed by atoms with Crippen molar-refractivity contribution in [1.82, 2.24) is 10.6 Å². The minimum atomic E-state index is 0.397. The van der Waals surface area contributed by atoms with Gasteiger partial charge in [0, 0.05) is 34.9 Å². The lowest BCUT2D eigenvalue weighted by atomic mass is 10.1. The molecule has 2 fully saturated rings. The molecule has 4 rings (SSSR count). The largest absolute Gasteiger partial charge is 0.270 e. The van der Waals surface area contributed by atoms with Crippen LogP contribution in [0, 0.1) is 0 Å². The van der Waals surface area contributed by atoms with E-state index in [0.29, 0.717) is 21.8 Å². The first kappa shape index (κ1) is 13.0. The summed E-state index contributed by atoms with van der Waals surface area (Å²) in [4.78, 5) is 3.20. The van der Waals surface area contributed by atoms with Crippen molar-refractivity contribution < 1.29 is 0 Å². The zero-order valence-corrected chi connectivity index (χ0v) is 13.2. The molecule has 2 nitrogen and oxygen atoms in total. The Morgan fingerprint density at radius 1 is 0.750 bits per heavy atom. The van der Waals surface area contributed by atoms with Gasteiger partial charge in [-0.2, -0.15) is 0 Å². The van der Waals surface area contributed by atoms with Gasteiger partial charge in [-0.25, -0.2) is 0 Å². The molecule has 104 valence electrons. The lowest BCUT2D eigenvalue weighted by Crippen LogP contribution is -2.13. The Labute approximate surface area is 126 Å². The molecule has 0 bridgehead atoms. The van der Waals surface area contributed by atoms with Crippen molar-refractivity contribution in [3.63, 3.8) is 0 Å². The van der Waals surface area contributed by atoms with Crippen LogP contribution in [0.3, 0.4) is 0 Å². The van der Waals surface area contributed by atoms with Crippen LogP contribution in [0.4, 0.5) is 0 Å². The predicted octanol–water partition coefficient (Wildman–Crippen LogP) is 1.92. The van der Waals surface area contributed by atoms with Crippen LogP contribution in [0.2, 0.25) is 0 Å². The van der Waals surface area contributed by atoms with E-state index in [1.165, 1.54) is 41.7 Å². The van der Waals surface area contributed by atoms with Gasteiger partial charge in [-0.05, 0) is 17.5 Å². The van der Waals surface area contributed by atoms with Crippen molar-refractivity contribution in [1.29, 1.82) is 0 Å². The molecule has 2 saturated heterocycles. The Hall–Kier alpha value is -0.680. The number of rotatable bonds is 2. The first-order chi connectivity index (χ1) is 9.93. The second-order valence-electron chi connectivity index (χ2n) is 5.29. The van der Waals surface area contributed by atoms with E-state index in [1.807, 2.05) is 0 Å². The number of fused-ring (bicyclic) bond motifs is 1. The molecular weight excluding hydrogens is 284 g/mol. The average Bonchev–Trinajstić information content (AvgIpc) is 3.19. The lowest BCUT2D eigenvalue weighted by molar-refractivity contribution is 0.885. The van der Waals surface area contributed by atoms with Gasteiger partial charge in [-0.15, -0.1) is 0 Å². The maximum Gasteiger partial charge on any atom is 0.169 e. The zero-order chi connectivity index (χ0) is 13.4. The van der Waals surface area contributed by atoms with Crippen LogP contribution in [0.5, 0.6) is 0 Å². The first-order valence-corrected chi connectivity index (χ1v) is 10.3. The molecule has 0 spiro atoms. The molecule has 0 aliphatic carbocycles. The van der Waals surface area contributed by atoms with Crippen LogP contribution >= 0.6 is 0 Å². The molecule has 2 aromatic rings. The van der Waals surface area contributed by atoms with Crippen molar-refractivity contribution in [2.45, 2.75) is 9.79 Å². The molecule has 2 aromatic carbocycles.